The molecule has 0 nitrogen and oxygen atoms in total. The topological polar surface area (TPSA) is 0 Å². The highest BCUT2D eigenvalue weighted by atomic mass is 127. The molecule has 0 bridgehead atoms. The largest absolute Gasteiger partial charge is 0.129 e. The number of thiophene rings is 1. The van der Waals surface area contributed by atoms with Gasteiger partial charge in [0.1, 0.15) is 0 Å². The lowest BCUT2D eigenvalue weighted by Gasteiger charge is -2.01. The molecule has 13 heavy (non-hydrogen) atoms. The predicted molar refractivity (Wildman–Crippen MR) is 68.9 cm³/mol. The summed E-state index contributed by atoms with van der Waals surface area (Å²) in [5.74, 6) is 0. The fourth-order valence-corrected chi connectivity index (χ4v) is 3.78. The SMILES string of the molecule is CCc1c(Cl)ccc2cc(I)sc12. The molecule has 0 amide bonds. The number of fused-ring (bicyclic) bond motifs is 1. The number of benzene rings is 1. The van der Waals surface area contributed by atoms with Crippen molar-refractivity contribution in [2.75, 3.05) is 0 Å². The Morgan fingerprint density at radius 3 is 2.92 bits per heavy atom. The first-order valence-corrected chi connectivity index (χ1v) is 6.36. The molecular weight excluding hydrogens is 315 g/mol. The van der Waals surface area contributed by atoms with Gasteiger partial charge in [-0.3, -0.25) is 0 Å². The van der Waals surface area contributed by atoms with Crippen LogP contribution in [0, 0.1) is 2.88 Å². The van der Waals surface area contributed by atoms with E-state index in [0.29, 0.717) is 0 Å². The highest BCUT2D eigenvalue weighted by Gasteiger charge is 2.06. The van der Waals surface area contributed by atoms with Gasteiger partial charge in [0.05, 0.1) is 2.88 Å². The first-order valence-electron chi connectivity index (χ1n) is 4.08. The summed E-state index contributed by atoms with van der Waals surface area (Å²) in [6.07, 6.45) is 1.01. The van der Waals surface area contributed by atoms with Crippen LogP contribution in [0.4, 0.5) is 0 Å². The smallest absolute Gasteiger partial charge is 0.0666 e. The van der Waals surface area contributed by atoms with Crippen LogP contribution in [0.2, 0.25) is 5.02 Å². The van der Waals surface area contributed by atoms with Crippen LogP contribution in [-0.4, -0.2) is 0 Å². The molecule has 3 heteroatoms. The number of halogens is 2. The average molecular weight is 323 g/mol. The van der Waals surface area contributed by atoms with Gasteiger partial charge in [0.25, 0.3) is 0 Å². The van der Waals surface area contributed by atoms with Gasteiger partial charge in [-0.05, 0) is 52.1 Å². The minimum atomic E-state index is 0.897. The first-order chi connectivity index (χ1) is 6.22. The predicted octanol–water partition coefficient (Wildman–Crippen LogP) is 4.72. The molecule has 1 aromatic heterocycles. The van der Waals surface area contributed by atoms with E-state index in [-0.39, 0.29) is 0 Å². The van der Waals surface area contributed by atoms with Crippen LogP contribution < -0.4 is 0 Å². The summed E-state index contributed by atoms with van der Waals surface area (Å²) in [7, 11) is 0. The molecule has 0 aliphatic rings. The van der Waals surface area contributed by atoms with Gasteiger partial charge in [0.15, 0.2) is 0 Å². The average Bonchev–Trinajstić information content (AvgIpc) is 2.45. The van der Waals surface area contributed by atoms with Gasteiger partial charge in [-0.2, -0.15) is 0 Å². The van der Waals surface area contributed by atoms with E-state index in [9.17, 15) is 0 Å². The molecule has 1 heterocycles. The maximum atomic E-state index is 6.12. The highest BCUT2D eigenvalue weighted by molar-refractivity contribution is 14.1. The zero-order chi connectivity index (χ0) is 9.42. The molecule has 0 radical (unpaired) electrons. The van der Waals surface area contributed by atoms with E-state index in [1.807, 2.05) is 17.4 Å². The molecule has 2 aromatic rings. The third kappa shape index (κ3) is 1.72. The molecule has 2 rings (SSSR count). The Kier molecular flexibility index (Phi) is 2.81. The van der Waals surface area contributed by atoms with E-state index in [1.165, 1.54) is 18.5 Å². The summed E-state index contributed by atoms with van der Waals surface area (Å²) in [6.45, 7) is 2.15. The van der Waals surface area contributed by atoms with Gasteiger partial charge >= 0.3 is 0 Å². The highest BCUT2D eigenvalue weighted by Crippen LogP contribution is 2.33. The van der Waals surface area contributed by atoms with Crippen molar-refractivity contribution in [2.24, 2.45) is 0 Å². The van der Waals surface area contributed by atoms with Crippen LogP contribution in [0.15, 0.2) is 18.2 Å². The Morgan fingerprint density at radius 2 is 2.23 bits per heavy atom. The second-order valence-corrected chi connectivity index (χ2v) is 6.20. The van der Waals surface area contributed by atoms with Gasteiger partial charge in [0.2, 0.25) is 0 Å². The van der Waals surface area contributed by atoms with Crippen LogP contribution in [-0.2, 0) is 6.42 Å². The molecule has 0 aliphatic heterocycles. The summed E-state index contributed by atoms with van der Waals surface area (Å²) in [4.78, 5) is 0. The Hall–Kier alpha value is 0.200. The van der Waals surface area contributed by atoms with Gasteiger partial charge in [-0.25, -0.2) is 0 Å². The molecule has 68 valence electrons. The maximum Gasteiger partial charge on any atom is 0.0666 e. The summed E-state index contributed by atoms with van der Waals surface area (Å²) in [5.41, 5.74) is 1.28. The molecule has 0 fully saturated rings. The molecule has 0 saturated heterocycles. The summed E-state index contributed by atoms with van der Waals surface area (Å²) >= 11 is 10.3. The van der Waals surface area contributed by atoms with E-state index in [4.69, 9.17) is 11.6 Å². The van der Waals surface area contributed by atoms with E-state index in [0.717, 1.165) is 11.4 Å². The van der Waals surface area contributed by atoms with E-state index in [2.05, 4.69) is 41.6 Å². The van der Waals surface area contributed by atoms with Crippen molar-refractivity contribution in [3.8, 4) is 0 Å². The molecule has 0 N–H and O–H groups in total. The zero-order valence-corrected chi connectivity index (χ0v) is 10.8. The second kappa shape index (κ2) is 3.75. The van der Waals surface area contributed by atoms with Crippen molar-refractivity contribution in [3.05, 3.63) is 31.7 Å². The molecule has 0 unspecified atom stereocenters. The lowest BCUT2D eigenvalue weighted by atomic mass is 10.1. The summed E-state index contributed by atoms with van der Waals surface area (Å²) < 4.78 is 2.67. The third-order valence-electron chi connectivity index (χ3n) is 2.06. The Labute approximate surface area is 100 Å². The molecule has 0 aliphatic carbocycles. The van der Waals surface area contributed by atoms with Crippen molar-refractivity contribution in [1.82, 2.24) is 0 Å². The van der Waals surface area contributed by atoms with Crippen LogP contribution in [0.5, 0.6) is 0 Å². The molecule has 0 saturated carbocycles. The minimum absolute atomic E-state index is 0.897. The first kappa shape index (κ1) is 9.74. The van der Waals surface area contributed by atoms with E-state index in [1.54, 1.807) is 0 Å². The fraction of sp³-hybridized carbons (Fsp3) is 0.200. The molecule has 0 atom stereocenters. The number of hydrogen-bond donors (Lipinski definition) is 0. The lowest BCUT2D eigenvalue weighted by Crippen LogP contribution is -1.81. The Balaban J connectivity index is 2.82. The summed E-state index contributed by atoms with van der Waals surface area (Å²) in [5, 5.41) is 2.21. The lowest BCUT2D eigenvalue weighted by molar-refractivity contribution is 1.16. The van der Waals surface area contributed by atoms with Crippen LogP contribution >= 0.6 is 45.5 Å². The minimum Gasteiger partial charge on any atom is -0.129 e. The number of hydrogen-bond acceptors (Lipinski definition) is 1. The number of aryl methyl sites for hydroxylation is 1. The maximum absolute atomic E-state index is 6.12. The van der Waals surface area contributed by atoms with Crippen molar-refractivity contribution in [1.29, 1.82) is 0 Å². The van der Waals surface area contributed by atoms with E-state index >= 15 is 0 Å². The summed E-state index contributed by atoms with van der Waals surface area (Å²) in [6, 6.07) is 6.29. The fourth-order valence-electron chi connectivity index (χ4n) is 1.43. The molecule has 1 aromatic carbocycles. The van der Waals surface area contributed by atoms with Crippen molar-refractivity contribution >= 4 is 55.6 Å². The quantitative estimate of drug-likeness (QED) is 0.666. The van der Waals surface area contributed by atoms with Crippen LogP contribution in [0.25, 0.3) is 10.1 Å². The van der Waals surface area contributed by atoms with Gasteiger partial charge < -0.3 is 0 Å². The normalized spacial score (nSPS) is 11.0. The Bertz CT molecular complexity index is 447. The standard InChI is InChI=1S/C10H8ClIS/c1-2-7-8(11)4-3-6-5-9(12)13-10(6)7/h3-5H,2H2,1H3. The van der Waals surface area contributed by atoms with Crippen LogP contribution in [0.3, 0.4) is 0 Å². The van der Waals surface area contributed by atoms with Crippen molar-refractivity contribution < 1.29 is 0 Å². The Morgan fingerprint density at radius 1 is 1.46 bits per heavy atom. The molecule has 0 spiro atoms. The zero-order valence-electron chi connectivity index (χ0n) is 7.10. The van der Waals surface area contributed by atoms with Gasteiger partial charge in [-0.15, -0.1) is 11.3 Å². The van der Waals surface area contributed by atoms with Crippen molar-refractivity contribution in [3.63, 3.8) is 0 Å². The van der Waals surface area contributed by atoms with E-state index < -0.39 is 0 Å². The third-order valence-corrected chi connectivity index (χ3v) is 4.38. The second-order valence-electron chi connectivity index (χ2n) is 2.85. The number of rotatable bonds is 1. The molecular formula is C10H8ClIS. The van der Waals surface area contributed by atoms with Crippen molar-refractivity contribution in [2.45, 2.75) is 13.3 Å². The van der Waals surface area contributed by atoms with Gasteiger partial charge in [0, 0.05) is 9.72 Å². The van der Waals surface area contributed by atoms with Crippen LogP contribution in [0.1, 0.15) is 12.5 Å². The van der Waals surface area contributed by atoms with Gasteiger partial charge in [-0.1, -0.05) is 24.6 Å². The monoisotopic (exact) mass is 322 g/mol.